The molecule has 3 nitrogen and oxygen atoms in total. The van der Waals surface area contributed by atoms with Gasteiger partial charge in [0.1, 0.15) is 11.5 Å². The summed E-state index contributed by atoms with van der Waals surface area (Å²) in [6.07, 6.45) is 1.69. The summed E-state index contributed by atoms with van der Waals surface area (Å²) in [5.74, 6) is -0.247. The number of carbonyl (C=O) groups excluding carboxylic acids is 1. The van der Waals surface area contributed by atoms with Crippen molar-refractivity contribution in [3.8, 4) is 0 Å². The van der Waals surface area contributed by atoms with Crippen LogP contribution in [0.2, 0.25) is 0 Å². The van der Waals surface area contributed by atoms with Crippen LogP contribution in [-0.4, -0.2) is 28.5 Å². The Bertz CT molecular complexity index is 979. The maximum absolute atomic E-state index is 14.2. The zero-order valence-electron chi connectivity index (χ0n) is 14.6. The maximum atomic E-state index is 14.2. The fraction of sp³-hybridized carbons (Fsp3) is 0.227. The first-order chi connectivity index (χ1) is 12.6. The van der Waals surface area contributed by atoms with E-state index in [-0.39, 0.29) is 11.7 Å². The van der Waals surface area contributed by atoms with E-state index >= 15 is 0 Å². The predicted octanol–water partition coefficient (Wildman–Crippen LogP) is 4.62. The monoisotopic (exact) mass is 348 g/mol. The number of amides is 1. The molecule has 1 saturated heterocycles. The van der Waals surface area contributed by atoms with Gasteiger partial charge in [0, 0.05) is 29.6 Å². The Hall–Kier alpha value is -2.88. The topological polar surface area (TPSA) is 25.2 Å². The summed E-state index contributed by atoms with van der Waals surface area (Å²) in [6.45, 7) is 5.74. The van der Waals surface area contributed by atoms with E-state index in [0.717, 1.165) is 23.7 Å². The molecule has 2 heterocycles. The number of hydrogen-bond donors (Lipinski definition) is 0. The molecule has 0 unspecified atom stereocenters. The third-order valence-electron chi connectivity index (χ3n) is 5.07. The molecule has 0 aliphatic carbocycles. The number of piperidine rings is 1. The molecular weight excluding hydrogens is 327 g/mol. The molecule has 3 aromatic rings. The van der Waals surface area contributed by atoms with Gasteiger partial charge in [-0.15, -0.1) is 0 Å². The zero-order valence-corrected chi connectivity index (χ0v) is 14.6. The second-order valence-corrected chi connectivity index (χ2v) is 6.81. The molecule has 2 aromatic carbocycles. The number of nitrogens with zero attached hydrogens (tertiary/aromatic N) is 2. The van der Waals surface area contributed by atoms with E-state index in [1.54, 1.807) is 12.1 Å². The van der Waals surface area contributed by atoms with E-state index in [2.05, 4.69) is 6.58 Å². The number of benzene rings is 2. The van der Waals surface area contributed by atoms with Crippen LogP contribution >= 0.6 is 0 Å². The second kappa shape index (κ2) is 6.79. The Labute approximate surface area is 152 Å². The van der Waals surface area contributed by atoms with Crippen molar-refractivity contribution in [2.24, 2.45) is 0 Å². The van der Waals surface area contributed by atoms with Gasteiger partial charge < -0.3 is 9.47 Å². The first-order valence-electron chi connectivity index (χ1n) is 8.91. The lowest BCUT2D eigenvalue weighted by Crippen LogP contribution is -2.37. The predicted molar refractivity (Wildman–Crippen MR) is 102 cm³/mol. The first kappa shape index (κ1) is 16.6. The quantitative estimate of drug-likeness (QED) is 0.634. The normalized spacial score (nSPS) is 14.8. The van der Waals surface area contributed by atoms with Gasteiger partial charge in [0.15, 0.2) is 0 Å². The van der Waals surface area contributed by atoms with Gasteiger partial charge in [-0.1, -0.05) is 48.6 Å². The van der Waals surface area contributed by atoms with E-state index in [1.807, 2.05) is 45.9 Å². The summed E-state index contributed by atoms with van der Waals surface area (Å²) in [6, 6.07) is 16.5. The molecule has 1 amide bonds. The van der Waals surface area contributed by atoms with Gasteiger partial charge >= 0.3 is 0 Å². The molecule has 0 atom stereocenters. The molecule has 0 spiro atoms. The molecule has 1 aliphatic rings. The highest BCUT2D eigenvalue weighted by Crippen LogP contribution is 2.25. The van der Waals surface area contributed by atoms with Crippen molar-refractivity contribution in [3.05, 3.63) is 83.8 Å². The zero-order chi connectivity index (χ0) is 18.1. The van der Waals surface area contributed by atoms with Crippen LogP contribution in [0, 0.1) is 5.82 Å². The lowest BCUT2D eigenvalue weighted by molar-refractivity contribution is 0.0734. The van der Waals surface area contributed by atoms with E-state index < -0.39 is 0 Å². The van der Waals surface area contributed by atoms with Gasteiger partial charge in [-0.2, -0.15) is 0 Å². The molecule has 0 N–H and O–H groups in total. The van der Waals surface area contributed by atoms with E-state index in [9.17, 15) is 9.18 Å². The Balaban J connectivity index is 1.75. The van der Waals surface area contributed by atoms with Crippen LogP contribution in [0.5, 0.6) is 0 Å². The van der Waals surface area contributed by atoms with Crippen molar-refractivity contribution < 1.29 is 9.18 Å². The van der Waals surface area contributed by atoms with Crippen LogP contribution in [0.15, 0.2) is 66.7 Å². The molecular formula is C22H21FN2O. The average molecular weight is 348 g/mol. The van der Waals surface area contributed by atoms with Crippen LogP contribution in [0.3, 0.4) is 0 Å². The first-order valence-corrected chi connectivity index (χ1v) is 8.91. The van der Waals surface area contributed by atoms with Gasteiger partial charge in [-0.25, -0.2) is 4.39 Å². The molecule has 26 heavy (non-hydrogen) atoms. The van der Waals surface area contributed by atoms with Gasteiger partial charge in [-0.05, 0) is 31.0 Å². The van der Waals surface area contributed by atoms with Crippen LogP contribution < -0.4 is 0 Å². The van der Waals surface area contributed by atoms with Crippen molar-refractivity contribution in [1.29, 1.82) is 0 Å². The fourth-order valence-corrected chi connectivity index (χ4v) is 3.54. The molecule has 4 heteroatoms. The van der Waals surface area contributed by atoms with Crippen molar-refractivity contribution in [2.75, 3.05) is 13.1 Å². The molecule has 1 aromatic heterocycles. The molecule has 0 bridgehead atoms. The second-order valence-electron chi connectivity index (χ2n) is 6.81. The summed E-state index contributed by atoms with van der Waals surface area (Å²) in [5, 5.41) is 0.994. The van der Waals surface area contributed by atoms with Gasteiger partial charge in [-0.3, -0.25) is 4.79 Å². The van der Waals surface area contributed by atoms with E-state index in [4.69, 9.17) is 0 Å². The van der Waals surface area contributed by atoms with Crippen LogP contribution in [0.25, 0.3) is 10.9 Å². The summed E-state index contributed by atoms with van der Waals surface area (Å²) in [4.78, 5) is 15.0. The summed E-state index contributed by atoms with van der Waals surface area (Å²) < 4.78 is 16.1. The minimum Gasteiger partial charge on any atom is -0.337 e. The minimum absolute atomic E-state index is 0.00467. The number of aromatic nitrogens is 1. The van der Waals surface area contributed by atoms with Gasteiger partial charge in [0.05, 0.1) is 6.54 Å². The number of carbonyl (C=O) groups is 1. The van der Waals surface area contributed by atoms with Crippen molar-refractivity contribution in [3.63, 3.8) is 0 Å². The minimum atomic E-state index is -0.252. The highest BCUT2D eigenvalue weighted by Gasteiger charge is 2.24. The highest BCUT2D eigenvalue weighted by molar-refractivity contribution is 5.99. The molecule has 132 valence electrons. The highest BCUT2D eigenvalue weighted by atomic mass is 19.1. The lowest BCUT2D eigenvalue weighted by atomic mass is 10.1. The Morgan fingerprint density at radius 1 is 1.04 bits per heavy atom. The van der Waals surface area contributed by atoms with Crippen molar-refractivity contribution >= 4 is 16.8 Å². The number of hydrogen-bond acceptors (Lipinski definition) is 1. The molecule has 0 radical (unpaired) electrons. The summed E-state index contributed by atoms with van der Waals surface area (Å²) >= 11 is 0. The molecule has 4 rings (SSSR count). The third kappa shape index (κ3) is 3.03. The summed E-state index contributed by atoms with van der Waals surface area (Å²) in [7, 11) is 0. The maximum Gasteiger partial charge on any atom is 0.270 e. The largest absolute Gasteiger partial charge is 0.337 e. The Morgan fingerprint density at radius 2 is 1.73 bits per heavy atom. The number of likely N-dealkylation sites (tertiary alicyclic amines) is 1. The Morgan fingerprint density at radius 3 is 2.50 bits per heavy atom. The number of rotatable bonds is 3. The van der Waals surface area contributed by atoms with Crippen LogP contribution in [-0.2, 0) is 6.54 Å². The van der Waals surface area contributed by atoms with E-state index in [0.29, 0.717) is 30.9 Å². The average Bonchev–Trinajstić information content (AvgIpc) is 3.02. The Kier molecular flexibility index (Phi) is 4.33. The van der Waals surface area contributed by atoms with Crippen LogP contribution in [0.4, 0.5) is 4.39 Å². The van der Waals surface area contributed by atoms with E-state index in [1.165, 1.54) is 11.6 Å². The van der Waals surface area contributed by atoms with Gasteiger partial charge in [0.25, 0.3) is 5.91 Å². The molecule has 1 fully saturated rings. The SMILES string of the molecule is C=C1CCN(C(=O)c2cc3ccccc3n2Cc2ccccc2F)CC1. The van der Waals surface area contributed by atoms with Crippen LogP contribution in [0.1, 0.15) is 28.9 Å². The van der Waals surface area contributed by atoms with Crippen molar-refractivity contribution in [2.45, 2.75) is 19.4 Å². The number of para-hydroxylation sites is 1. The number of halogens is 1. The molecule has 1 aliphatic heterocycles. The standard InChI is InChI=1S/C22H21FN2O/c1-16-10-12-24(13-11-16)22(26)21-14-17-6-3-5-9-20(17)25(21)15-18-7-2-4-8-19(18)23/h2-9,14H,1,10-13,15H2. The summed E-state index contributed by atoms with van der Waals surface area (Å²) in [5.41, 5.74) is 3.33. The van der Waals surface area contributed by atoms with Crippen molar-refractivity contribution in [1.82, 2.24) is 9.47 Å². The van der Waals surface area contributed by atoms with Gasteiger partial charge in [0.2, 0.25) is 0 Å². The number of fused-ring (bicyclic) bond motifs is 1. The third-order valence-corrected chi connectivity index (χ3v) is 5.07. The smallest absolute Gasteiger partial charge is 0.270 e. The fourth-order valence-electron chi connectivity index (χ4n) is 3.54. The molecule has 0 saturated carbocycles. The lowest BCUT2D eigenvalue weighted by Gasteiger charge is -2.28.